The molecular formula is C14H21ClN2O2. The lowest BCUT2D eigenvalue weighted by molar-refractivity contribution is 0.0663. The molecule has 0 spiro atoms. The zero-order valence-corrected chi connectivity index (χ0v) is 12.2. The maximum atomic E-state index is 6.12. The van der Waals surface area contributed by atoms with Gasteiger partial charge in [-0.15, -0.1) is 0 Å². The van der Waals surface area contributed by atoms with Gasteiger partial charge in [0.05, 0.1) is 11.1 Å². The highest BCUT2D eigenvalue weighted by Gasteiger charge is 2.16. The third-order valence-electron chi connectivity index (χ3n) is 3.05. The molecule has 106 valence electrons. The van der Waals surface area contributed by atoms with Crippen LogP contribution in [0.4, 0.5) is 0 Å². The maximum absolute atomic E-state index is 6.12. The highest BCUT2D eigenvalue weighted by atomic mass is 35.5. The van der Waals surface area contributed by atoms with Crippen LogP contribution in [-0.2, 0) is 11.3 Å². The Morgan fingerprint density at radius 1 is 1.58 bits per heavy atom. The first-order valence-electron chi connectivity index (χ1n) is 6.77. The van der Waals surface area contributed by atoms with Gasteiger partial charge in [0.1, 0.15) is 6.61 Å². The van der Waals surface area contributed by atoms with Crippen LogP contribution in [0.25, 0.3) is 0 Å². The normalized spacial score (nSPS) is 19.1. The number of pyridine rings is 1. The van der Waals surface area contributed by atoms with Gasteiger partial charge < -0.3 is 14.8 Å². The molecule has 1 fully saturated rings. The van der Waals surface area contributed by atoms with E-state index in [0.29, 0.717) is 23.6 Å². The van der Waals surface area contributed by atoms with Crippen LogP contribution in [0.15, 0.2) is 12.3 Å². The van der Waals surface area contributed by atoms with Crippen molar-refractivity contribution in [2.45, 2.75) is 45.4 Å². The van der Waals surface area contributed by atoms with Gasteiger partial charge in [-0.05, 0) is 18.4 Å². The zero-order valence-electron chi connectivity index (χ0n) is 11.5. The van der Waals surface area contributed by atoms with Gasteiger partial charge in [-0.25, -0.2) is 4.98 Å². The van der Waals surface area contributed by atoms with Gasteiger partial charge in [0.25, 0.3) is 0 Å². The number of hydrogen-bond donors (Lipinski definition) is 1. The van der Waals surface area contributed by atoms with Crippen LogP contribution in [0, 0.1) is 0 Å². The van der Waals surface area contributed by atoms with E-state index in [1.54, 1.807) is 6.20 Å². The van der Waals surface area contributed by atoms with Gasteiger partial charge in [0.15, 0.2) is 0 Å². The summed E-state index contributed by atoms with van der Waals surface area (Å²) in [6.45, 7) is 6.32. The van der Waals surface area contributed by atoms with E-state index in [4.69, 9.17) is 21.1 Å². The highest BCUT2D eigenvalue weighted by Crippen LogP contribution is 2.20. The quantitative estimate of drug-likeness (QED) is 0.872. The molecule has 1 aliphatic rings. The van der Waals surface area contributed by atoms with Crippen molar-refractivity contribution in [1.29, 1.82) is 0 Å². The molecule has 1 N–H and O–H groups in total. The SMILES string of the molecule is CC(C)NCc1cc(OCC2CCCO2)ncc1Cl. The number of hydrogen-bond acceptors (Lipinski definition) is 4. The summed E-state index contributed by atoms with van der Waals surface area (Å²) in [5.74, 6) is 0.612. The Balaban J connectivity index is 1.91. The highest BCUT2D eigenvalue weighted by molar-refractivity contribution is 6.31. The summed E-state index contributed by atoms with van der Waals surface area (Å²) in [5, 5.41) is 4.00. The molecular weight excluding hydrogens is 264 g/mol. The molecule has 2 rings (SSSR count). The van der Waals surface area contributed by atoms with Gasteiger partial charge in [0, 0.05) is 31.5 Å². The van der Waals surface area contributed by atoms with E-state index in [0.717, 1.165) is 31.6 Å². The number of nitrogens with zero attached hydrogens (tertiary/aromatic N) is 1. The predicted octanol–water partition coefficient (Wildman–Crippen LogP) is 2.79. The Hall–Kier alpha value is -0.840. The summed E-state index contributed by atoms with van der Waals surface area (Å²) in [6.07, 6.45) is 4.03. The molecule has 1 unspecified atom stereocenters. The summed E-state index contributed by atoms with van der Waals surface area (Å²) in [6, 6.07) is 2.31. The lowest BCUT2D eigenvalue weighted by Crippen LogP contribution is -2.22. The monoisotopic (exact) mass is 284 g/mol. The third-order valence-corrected chi connectivity index (χ3v) is 3.39. The van der Waals surface area contributed by atoms with Crippen LogP contribution in [0.1, 0.15) is 32.3 Å². The molecule has 1 aromatic rings. The smallest absolute Gasteiger partial charge is 0.213 e. The first kappa shape index (κ1) is 14.6. The summed E-state index contributed by atoms with van der Waals surface area (Å²) in [4.78, 5) is 4.19. The van der Waals surface area contributed by atoms with Gasteiger partial charge in [-0.3, -0.25) is 0 Å². The van der Waals surface area contributed by atoms with Crippen LogP contribution in [0.5, 0.6) is 5.88 Å². The predicted molar refractivity (Wildman–Crippen MR) is 75.7 cm³/mol. The Morgan fingerprint density at radius 2 is 2.42 bits per heavy atom. The number of rotatable bonds is 6. The molecule has 0 bridgehead atoms. The average Bonchev–Trinajstić information content (AvgIpc) is 2.89. The lowest BCUT2D eigenvalue weighted by Gasteiger charge is -2.13. The van der Waals surface area contributed by atoms with Gasteiger partial charge >= 0.3 is 0 Å². The molecule has 1 saturated heterocycles. The summed E-state index contributed by atoms with van der Waals surface area (Å²) in [5.41, 5.74) is 1.01. The molecule has 0 aromatic carbocycles. The second kappa shape index (κ2) is 7.08. The van der Waals surface area contributed by atoms with Crippen LogP contribution < -0.4 is 10.1 Å². The van der Waals surface area contributed by atoms with Crippen molar-refractivity contribution in [3.63, 3.8) is 0 Å². The van der Waals surface area contributed by atoms with E-state index in [9.17, 15) is 0 Å². The van der Waals surface area contributed by atoms with Gasteiger partial charge in [-0.1, -0.05) is 25.4 Å². The molecule has 0 saturated carbocycles. The Kier molecular flexibility index (Phi) is 5.43. The molecule has 2 heterocycles. The van der Waals surface area contributed by atoms with Crippen molar-refractivity contribution in [2.75, 3.05) is 13.2 Å². The fourth-order valence-corrected chi connectivity index (χ4v) is 2.11. The third kappa shape index (κ3) is 4.64. The Bertz CT molecular complexity index is 406. The Morgan fingerprint density at radius 3 is 3.11 bits per heavy atom. The van der Waals surface area contributed by atoms with Crippen LogP contribution in [-0.4, -0.2) is 30.3 Å². The van der Waals surface area contributed by atoms with Crippen molar-refractivity contribution in [3.05, 3.63) is 22.8 Å². The van der Waals surface area contributed by atoms with Crippen molar-refractivity contribution >= 4 is 11.6 Å². The molecule has 0 radical (unpaired) electrons. The lowest BCUT2D eigenvalue weighted by atomic mass is 10.2. The molecule has 0 amide bonds. The minimum atomic E-state index is 0.203. The van der Waals surface area contributed by atoms with Crippen molar-refractivity contribution in [3.8, 4) is 5.88 Å². The first-order chi connectivity index (χ1) is 9.15. The van der Waals surface area contributed by atoms with E-state index < -0.39 is 0 Å². The van der Waals surface area contributed by atoms with Crippen molar-refractivity contribution in [2.24, 2.45) is 0 Å². The topological polar surface area (TPSA) is 43.4 Å². The largest absolute Gasteiger partial charge is 0.475 e. The zero-order chi connectivity index (χ0) is 13.7. The van der Waals surface area contributed by atoms with E-state index in [1.807, 2.05) is 6.07 Å². The van der Waals surface area contributed by atoms with Crippen LogP contribution in [0.2, 0.25) is 5.02 Å². The second-order valence-corrected chi connectivity index (χ2v) is 5.50. The molecule has 19 heavy (non-hydrogen) atoms. The molecule has 0 aliphatic carbocycles. The first-order valence-corrected chi connectivity index (χ1v) is 7.15. The van der Waals surface area contributed by atoms with E-state index in [2.05, 4.69) is 24.1 Å². The summed E-state index contributed by atoms with van der Waals surface area (Å²) < 4.78 is 11.2. The van der Waals surface area contributed by atoms with Gasteiger partial charge in [0.2, 0.25) is 5.88 Å². The van der Waals surface area contributed by atoms with E-state index in [1.165, 1.54) is 0 Å². The van der Waals surface area contributed by atoms with Crippen LogP contribution >= 0.6 is 11.6 Å². The number of ether oxygens (including phenoxy) is 2. The summed E-state index contributed by atoms with van der Waals surface area (Å²) in [7, 11) is 0. The standard InChI is InChI=1S/C14H21ClN2O2/c1-10(2)16-7-11-6-14(17-8-13(11)15)19-9-12-4-3-5-18-12/h6,8,10,12,16H,3-5,7,9H2,1-2H3. The van der Waals surface area contributed by atoms with Gasteiger partial charge in [-0.2, -0.15) is 0 Å². The fraction of sp³-hybridized carbons (Fsp3) is 0.643. The Labute approximate surface area is 119 Å². The van der Waals surface area contributed by atoms with Crippen LogP contribution in [0.3, 0.4) is 0 Å². The molecule has 1 atom stereocenters. The van der Waals surface area contributed by atoms with E-state index >= 15 is 0 Å². The minimum absolute atomic E-state index is 0.203. The molecule has 5 heteroatoms. The summed E-state index contributed by atoms with van der Waals surface area (Å²) >= 11 is 6.12. The maximum Gasteiger partial charge on any atom is 0.213 e. The number of nitrogens with one attached hydrogen (secondary N) is 1. The molecule has 1 aliphatic heterocycles. The average molecular weight is 285 g/mol. The van der Waals surface area contributed by atoms with Crippen molar-refractivity contribution in [1.82, 2.24) is 10.3 Å². The number of aromatic nitrogens is 1. The van der Waals surface area contributed by atoms with Crippen molar-refractivity contribution < 1.29 is 9.47 Å². The molecule has 1 aromatic heterocycles. The molecule has 4 nitrogen and oxygen atoms in total. The second-order valence-electron chi connectivity index (χ2n) is 5.10. The fourth-order valence-electron chi connectivity index (χ4n) is 1.94. The van der Waals surface area contributed by atoms with E-state index in [-0.39, 0.29) is 6.10 Å². The number of halogens is 1. The minimum Gasteiger partial charge on any atom is -0.475 e.